The standard InChI is InChI=1S/C11H11N3O3/c1-15-7-2-3-8-11(17-5-16-8)10(7)6-4-9(12)14-13-6/h2-4H,5H2,1H3,(H3,12,13,14). The van der Waals surface area contributed by atoms with E-state index in [2.05, 4.69) is 10.2 Å². The topological polar surface area (TPSA) is 82.4 Å². The highest BCUT2D eigenvalue weighted by Gasteiger charge is 2.23. The molecule has 17 heavy (non-hydrogen) atoms. The molecular formula is C11H11N3O3. The lowest BCUT2D eigenvalue weighted by molar-refractivity contribution is 0.174. The predicted molar refractivity (Wildman–Crippen MR) is 61.1 cm³/mol. The van der Waals surface area contributed by atoms with Crippen LogP contribution in [0.4, 0.5) is 5.82 Å². The number of aromatic amines is 1. The molecule has 2 heterocycles. The molecule has 1 aromatic heterocycles. The lowest BCUT2D eigenvalue weighted by Crippen LogP contribution is -1.94. The number of hydrogen-bond donors (Lipinski definition) is 2. The monoisotopic (exact) mass is 233 g/mol. The van der Waals surface area contributed by atoms with E-state index < -0.39 is 0 Å². The Labute approximate surface area is 97.3 Å². The summed E-state index contributed by atoms with van der Waals surface area (Å²) in [6.45, 7) is 0.207. The molecule has 6 heteroatoms. The van der Waals surface area contributed by atoms with Gasteiger partial charge in [-0.25, -0.2) is 0 Å². The van der Waals surface area contributed by atoms with Crippen molar-refractivity contribution >= 4 is 5.82 Å². The van der Waals surface area contributed by atoms with E-state index in [0.29, 0.717) is 23.1 Å². The third kappa shape index (κ3) is 1.45. The number of rotatable bonds is 2. The van der Waals surface area contributed by atoms with Crippen LogP contribution >= 0.6 is 0 Å². The van der Waals surface area contributed by atoms with Crippen LogP contribution in [-0.2, 0) is 0 Å². The molecule has 0 amide bonds. The van der Waals surface area contributed by atoms with Gasteiger partial charge in [-0.1, -0.05) is 0 Å². The average molecular weight is 233 g/mol. The van der Waals surface area contributed by atoms with E-state index >= 15 is 0 Å². The van der Waals surface area contributed by atoms with Gasteiger partial charge in [-0.2, -0.15) is 5.10 Å². The summed E-state index contributed by atoms with van der Waals surface area (Å²) in [6.07, 6.45) is 0. The van der Waals surface area contributed by atoms with Crippen LogP contribution in [0.3, 0.4) is 0 Å². The summed E-state index contributed by atoms with van der Waals surface area (Å²) in [5, 5.41) is 6.73. The molecular weight excluding hydrogens is 222 g/mol. The van der Waals surface area contributed by atoms with Crippen molar-refractivity contribution < 1.29 is 14.2 Å². The molecule has 0 unspecified atom stereocenters. The number of nitrogen functional groups attached to an aromatic ring is 1. The molecule has 0 saturated carbocycles. The van der Waals surface area contributed by atoms with Crippen molar-refractivity contribution in [2.24, 2.45) is 0 Å². The molecule has 0 saturated heterocycles. The largest absolute Gasteiger partial charge is 0.496 e. The number of nitrogens with one attached hydrogen (secondary N) is 1. The Bertz CT molecular complexity index is 565. The predicted octanol–water partition coefficient (Wildman–Crippen LogP) is 1.40. The van der Waals surface area contributed by atoms with Gasteiger partial charge in [0.1, 0.15) is 11.6 Å². The Hall–Kier alpha value is -2.37. The zero-order chi connectivity index (χ0) is 11.8. The van der Waals surface area contributed by atoms with Gasteiger partial charge in [0, 0.05) is 6.07 Å². The van der Waals surface area contributed by atoms with Crippen LogP contribution in [0.15, 0.2) is 18.2 Å². The van der Waals surface area contributed by atoms with Crippen LogP contribution in [0, 0.1) is 0 Å². The second kappa shape index (κ2) is 3.58. The van der Waals surface area contributed by atoms with Gasteiger partial charge in [-0.3, -0.25) is 5.10 Å². The van der Waals surface area contributed by atoms with Crippen molar-refractivity contribution in [3.05, 3.63) is 18.2 Å². The Morgan fingerprint density at radius 2 is 2.29 bits per heavy atom. The van der Waals surface area contributed by atoms with Crippen molar-refractivity contribution in [2.45, 2.75) is 0 Å². The smallest absolute Gasteiger partial charge is 0.231 e. The minimum atomic E-state index is 0.207. The molecule has 0 atom stereocenters. The molecule has 1 aliphatic rings. The van der Waals surface area contributed by atoms with Gasteiger partial charge in [0.2, 0.25) is 6.79 Å². The van der Waals surface area contributed by atoms with E-state index in [4.69, 9.17) is 19.9 Å². The van der Waals surface area contributed by atoms with Gasteiger partial charge in [0.05, 0.1) is 18.4 Å². The quantitative estimate of drug-likeness (QED) is 0.819. The molecule has 2 aromatic rings. The summed E-state index contributed by atoms with van der Waals surface area (Å²) in [5.74, 6) is 2.43. The van der Waals surface area contributed by atoms with E-state index in [9.17, 15) is 0 Å². The lowest BCUT2D eigenvalue weighted by Gasteiger charge is -2.09. The SMILES string of the molecule is COc1ccc2c(c1-c1cc(N)n[nH]1)OCO2. The van der Waals surface area contributed by atoms with Crippen molar-refractivity contribution in [1.82, 2.24) is 10.2 Å². The number of ether oxygens (including phenoxy) is 3. The number of fused-ring (bicyclic) bond motifs is 1. The first-order chi connectivity index (χ1) is 8.29. The first-order valence-electron chi connectivity index (χ1n) is 5.07. The summed E-state index contributed by atoms with van der Waals surface area (Å²) in [6, 6.07) is 5.35. The zero-order valence-corrected chi connectivity index (χ0v) is 9.19. The number of benzene rings is 1. The fourth-order valence-electron chi connectivity index (χ4n) is 1.84. The molecule has 0 fully saturated rings. The number of nitrogens with two attached hydrogens (primary N) is 1. The molecule has 0 aliphatic carbocycles. The number of anilines is 1. The maximum atomic E-state index is 5.60. The van der Waals surface area contributed by atoms with Crippen LogP contribution < -0.4 is 19.9 Å². The first kappa shape index (κ1) is 9.83. The van der Waals surface area contributed by atoms with Crippen LogP contribution in [0.2, 0.25) is 0 Å². The maximum absolute atomic E-state index is 5.60. The molecule has 0 spiro atoms. The maximum Gasteiger partial charge on any atom is 0.231 e. The van der Waals surface area contributed by atoms with Crippen molar-refractivity contribution in [1.29, 1.82) is 0 Å². The number of H-pyrrole nitrogens is 1. The Balaban J connectivity index is 2.23. The van der Waals surface area contributed by atoms with Gasteiger partial charge in [-0.15, -0.1) is 0 Å². The summed E-state index contributed by atoms with van der Waals surface area (Å²) >= 11 is 0. The van der Waals surface area contributed by atoms with Crippen LogP contribution in [0.25, 0.3) is 11.3 Å². The Morgan fingerprint density at radius 3 is 3.00 bits per heavy atom. The van der Waals surface area contributed by atoms with Gasteiger partial charge < -0.3 is 19.9 Å². The summed E-state index contributed by atoms with van der Waals surface area (Å²) in [7, 11) is 1.60. The van der Waals surface area contributed by atoms with Crippen molar-refractivity contribution in [3.63, 3.8) is 0 Å². The second-order valence-corrected chi connectivity index (χ2v) is 3.58. The summed E-state index contributed by atoms with van der Waals surface area (Å²) in [4.78, 5) is 0. The van der Waals surface area contributed by atoms with Gasteiger partial charge in [0.25, 0.3) is 0 Å². The van der Waals surface area contributed by atoms with Gasteiger partial charge in [0.15, 0.2) is 11.5 Å². The van der Waals surface area contributed by atoms with E-state index in [1.54, 1.807) is 13.2 Å². The molecule has 0 radical (unpaired) electrons. The van der Waals surface area contributed by atoms with E-state index in [0.717, 1.165) is 11.3 Å². The van der Waals surface area contributed by atoms with E-state index in [-0.39, 0.29) is 6.79 Å². The normalized spacial score (nSPS) is 12.8. The van der Waals surface area contributed by atoms with E-state index in [1.165, 1.54) is 0 Å². The lowest BCUT2D eigenvalue weighted by atomic mass is 10.1. The van der Waals surface area contributed by atoms with Gasteiger partial charge in [-0.05, 0) is 12.1 Å². The highest BCUT2D eigenvalue weighted by Crippen LogP contribution is 2.46. The number of aromatic nitrogens is 2. The Morgan fingerprint density at radius 1 is 1.41 bits per heavy atom. The van der Waals surface area contributed by atoms with Gasteiger partial charge >= 0.3 is 0 Å². The van der Waals surface area contributed by atoms with Crippen molar-refractivity contribution in [2.75, 3.05) is 19.6 Å². The molecule has 88 valence electrons. The minimum Gasteiger partial charge on any atom is -0.496 e. The molecule has 1 aromatic carbocycles. The molecule has 1 aliphatic heterocycles. The van der Waals surface area contributed by atoms with Crippen molar-refractivity contribution in [3.8, 4) is 28.5 Å². The second-order valence-electron chi connectivity index (χ2n) is 3.58. The average Bonchev–Trinajstić information content (AvgIpc) is 2.95. The highest BCUT2D eigenvalue weighted by molar-refractivity contribution is 5.79. The Kier molecular flexibility index (Phi) is 2.07. The van der Waals surface area contributed by atoms with Crippen LogP contribution in [-0.4, -0.2) is 24.1 Å². The summed E-state index contributed by atoms with van der Waals surface area (Å²) in [5.41, 5.74) is 7.11. The van der Waals surface area contributed by atoms with Crippen LogP contribution in [0.1, 0.15) is 0 Å². The molecule has 3 N–H and O–H groups in total. The fourth-order valence-corrected chi connectivity index (χ4v) is 1.84. The highest BCUT2D eigenvalue weighted by atomic mass is 16.7. The first-order valence-corrected chi connectivity index (χ1v) is 5.07. The number of nitrogens with zero attached hydrogens (tertiary/aromatic N) is 1. The molecule has 3 rings (SSSR count). The zero-order valence-electron chi connectivity index (χ0n) is 9.19. The van der Waals surface area contributed by atoms with Crippen LogP contribution in [0.5, 0.6) is 17.2 Å². The third-order valence-electron chi connectivity index (χ3n) is 2.59. The summed E-state index contributed by atoms with van der Waals surface area (Å²) < 4.78 is 16.1. The van der Waals surface area contributed by atoms with E-state index in [1.807, 2.05) is 12.1 Å². The number of hydrogen-bond acceptors (Lipinski definition) is 5. The number of methoxy groups -OCH3 is 1. The fraction of sp³-hybridized carbons (Fsp3) is 0.182. The third-order valence-corrected chi connectivity index (χ3v) is 2.59. The molecule has 6 nitrogen and oxygen atoms in total. The molecule has 0 bridgehead atoms. The minimum absolute atomic E-state index is 0.207.